The average molecular weight is 607 g/mol. The molecule has 1 N–H and O–H groups in total. The fraction of sp³-hybridized carbons (Fsp3) is 0.310. The molecule has 214 valence electrons. The SMILES string of the molecule is COc1cccc(CN(C(=O)CN(c2cccc(Cl)c2Cl)S(C)(=O)=O)[C@H](Cc2ccccc2)C(=O)NC(C)C)c1. The molecule has 0 bridgehead atoms. The third-order valence-corrected chi connectivity index (χ3v) is 8.00. The van der Waals surface area contributed by atoms with Crippen molar-refractivity contribution in [3.8, 4) is 5.75 Å². The Kier molecular flexibility index (Phi) is 10.8. The first kappa shape index (κ1) is 31.3. The number of nitrogens with one attached hydrogen (secondary N) is 1. The van der Waals surface area contributed by atoms with Gasteiger partial charge in [0, 0.05) is 19.0 Å². The molecule has 2 amide bonds. The number of ether oxygens (including phenoxy) is 1. The van der Waals surface area contributed by atoms with Crippen molar-refractivity contribution in [1.82, 2.24) is 10.2 Å². The van der Waals surface area contributed by atoms with E-state index in [2.05, 4.69) is 5.32 Å². The number of hydrogen-bond acceptors (Lipinski definition) is 5. The van der Waals surface area contributed by atoms with Crippen LogP contribution in [0.3, 0.4) is 0 Å². The van der Waals surface area contributed by atoms with Gasteiger partial charge in [0.05, 0.1) is 29.1 Å². The number of amides is 2. The molecule has 0 radical (unpaired) electrons. The van der Waals surface area contributed by atoms with Crippen molar-refractivity contribution in [2.75, 3.05) is 24.2 Å². The molecule has 0 aliphatic heterocycles. The Hall–Kier alpha value is -3.27. The van der Waals surface area contributed by atoms with Crippen LogP contribution in [-0.4, -0.2) is 57.1 Å². The van der Waals surface area contributed by atoms with Crippen molar-refractivity contribution in [1.29, 1.82) is 0 Å². The summed E-state index contributed by atoms with van der Waals surface area (Å²) in [5, 5.41) is 3.06. The average Bonchev–Trinajstić information content (AvgIpc) is 2.90. The summed E-state index contributed by atoms with van der Waals surface area (Å²) < 4.78 is 32.0. The number of anilines is 1. The highest BCUT2D eigenvalue weighted by atomic mass is 35.5. The lowest BCUT2D eigenvalue weighted by molar-refractivity contribution is -0.140. The highest BCUT2D eigenvalue weighted by Gasteiger charge is 2.34. The Morgan fingerprint density at radius 2 is 1.60 bits per heavy atom. The second-order valence-corrected chi connectivity index (χ2v) is 12.3. The molecule has 1 atom stereocenters. The van der Waals surface area contributed by atoms with Gasteiger partial charge in [-0.2, -0.15) is 0 Å². The van der Waals surface area contributed by atoms with Gasteiger partial charge in [-0.15, -0.1) is 0 Å². The van der Waals surface area contributed by atoms with Crippen LogP contribution in [-0.2, 0) is 32.6 Å². The molecule has 8 nitrogen and oxygen atoms in total. The number of methoxy groups -OCH3 is 1. The zero-order chi connectivity index (χ0) is 29.4. The Morgan fingerprint density at radius 1 is 0.950 bits per heavy atom. The molecule has 0 aromatic heterocycles. The van der Waals surface area contributed by atoms with Gasteiger partial charge in [0.2, 0.25) is 21.8 Å². The van der Waals surface area contributed by atoms with Crippen LogP contribution in [0.4, 0.5) is 5.69 Å². The van der Waals surface area contributed by atoms with Crippen molar-refractivity contribution in [2.45, 2.75) is 38.9 Å². The predicted molar refractivity (Wildman–Crippen MR) is 159 cm³/mol. The van der Waals surface area contributed by atoms with Crippen LogP contribution in [0.25, 0.3) is 0 Å². The summed E-state index contributed by atoms with van der Waals surface area (Å²) in [5.41, 5.74) is 1.61. The Labute approximate surface area is 245 Å². The van der Waals surface area contributed by atoms with Crippen LogP contribution in [0.2, 0.25) is 10.0 Å². The molecule has 0 heterocycles. The van der Waals surface area contributed by atoms with Crippen LogP contribution in [0, 0.1) is 0 Å². The number of hydrogen-bond donors (Lipinski definition) is 1. The molecule has 0 fully saturated rings. The summed E-state index contributed by atoms with van der Waals surface area (Å²) in [6.07, 6.45) is 1.20. The maximum Gasteiger partial charge on any atom is 0.244 e. The lowest BCUT2D eigenvalue weighted by Crippen LogP contribution is -2.54. The van der Waals surface area contributed by atoms with Crippen molar-refractivity contribution in [3.63, 3.8) is 0 Å². The molecule has 3 rings (SSSR count). The molecule has 0 spiro atoms. The molecular weight excluding hydrogens is 573 g/mol. The predicted octanol–water partition coefficient (Wildman–Crippen LogP) is 4.93. The number of benzene rings is 3. The van der Waals surface area contributed by atoms with E-state index < -0.39 is 28.5 Å². The zero-order valence-electron chi connectivity index (χ0n) is 22.8. The Bertz CT molecular complexity index is 1430. The minimum absolute atomic E-state index is 0.000115. The van der Waals surface area contributed by atoms with Crippen molar-refractivity contribution in [3.05, 3.63) is 94.0 Å². The normalized spacial score (nSPS) is 12.1. The molecule has 0 saturated heterocycles. The standard InChI is InChI=1S/C29H33Cl2N3O5S/c1-20(2)32-29(36)26(17-21-10-6-5-7-11-21)33(18-22-12-8-13-23(16-22)39-3)27(35)19-34(40(4,37)38)25-15-9-14-24(30)28(25)31/h5-16,20,26H,17-19H2,1-4H3,(H,32,36)/t26-/m1/s1. The third kappa shape index (κ3) is 8.36. The molecule has 0 aliphatic carbocycles. The van der Waals surface area contributed by atoms with Gasteiger partial charge in [-0.1, -0.05) is 71.7 Å². The summed E-state index contributed by atoms with van der Waals surface area (Å²) in [7, 11) is -2.43. The quantitative estimate of drug-likeness (QED) is 0.316. The molecule has 0 aliphatic rings. The fourth-order valence-corrected chi connectivity index (χ4v) is 5.48. The van der Waals surface area contributed by atoms with E-state index in [0.717, 1.165) is 16.1 Å². The maximum absolute atomic E-state index is 14.1. The molecule has 3 aromatic carbocycles. The molecule has 3 aromatic rings. The van der Waals surface area contributed by atoms with Gasteiger partial charge in [-0.25, -0.2) is 8.42 Å². The Balaban J connectivity index is 2.10. The van der Waals surface area contributed by atoms with E-state index in [4.69, 9.17) is 27.9 Å². The van der Waals surface area contributed by atoms with Gasteiger partial charge in [-0.3, -0.25) is 13.9 Å². The third-order valence-electron chi connectivity index (χ3n) is 6.07. The number of sulfonamides is 1. The van der Waals surface area contributed by atoms with Crippen molar-refractivity contribution < 1.29 is 22.7 Å². The summed E-state index contributed by atoms with van der Waals surface area (Å²) in [5.74, 6) is -0.370. The smallest absolute Gasteiger partial charge is 0.244 e. The second-order valence-electron chi connectivity index (χ2n) is 9.58. The van der Waals surface area contributed by atoms with Gasteiger partial charge >= 0.3 is 0 Å². The first-order chi connectivity index (χ1) is 18.9. The largest absolute Gasteiger partial charge is 0.497 e. The molecule has 11 heteroatoms. The van der Waals surface area contributed by atoms with E-state index >= 15 is 0 Å². The summed E-state index contributed by atoms with van der Waals surface area (Å²) >= 11 is 12.5. The number of halogens is 2. The molecule has 40 heavy (non-hydrogen) atoms. The number of nitrogens with zero attached hydrogens (tertiary/aromatic N) is 2. The summed E-state index contributed by atoms with van der Waals surface area (Å²) in [6.45, 7) is 3.10. The van der Waals surface area contributed by atoms with Crippen molar-refractivity contribution >= 4 is 50.7 Å². The number of carbonyl (C=O) groups is 2. The summed E-state index contributed by atoms with van der Waals surface area (Å²) in [4.78, 5) is 29.1. The first-order valence-electron chi connectivity index (χ1n) is 12.6. The van der Waals surface area contributed by atoms with Crippen LogP contribution >= 0.6 is 23.2 Å². The topological polar surface area (TPSA) is 96.0 Å². The van der Waals surface area contributed by atoms with E-state index in [9.17, 15) is 18.0 Å². The van der Waals surface area contributed by atoms with Crippen LogP contribution in [0.1, 0.15) is 25.0 Å². The lowest BCUT2D eigenvalue weighted by atomic mass is 10.0. The van der Waals surface area contributed by atoms with Gasteiger partial charge in [0.15, 0.2) is 0 Å². The van der Waals surface area contributed by atoms with Crippen molar-refractivity contribution in [2.24, 2.45) is 0 Å². The molecular formula is C29H33Cl2N3O5S. The monoisotopic (exact) mass is 605 g/mol. The van der Waals surface area contributed by atoms with E-state index in [1.807, 2.05) is 50.2 Å². The molecule has 0 unspecified atom stereocenters. The second kappa shape index (κ2) is 13.9. The highest BCUT2D eigenvalue weighted by Crippen LogP contribution is 2.34. The molecule has 0 saturated carbocycles. The maximum atomic E-state index is 14.1. The van der Waals surface area contributed by atoms with Crippen LogP contribution in [0.15, 0.2) is 72.8 Å². The zero-order valence-corrected chi connectivity index (χ0v) is 25.1. The van der Waals surface area contributed by atoms with E-state index in [1.165, 1.54) is 24.1 Å². The number of carbonyl (C=O) groups excluding carboxylic acids is 2. The Morgan fingerprint density at radius 3 is 2.23 bits per heavy atom. The minimum atomic E-state index is -3.97. The minimum Gasteiger partial charge on any atom is -0.497 e. The van der Waals surface area contributed by atoms with E-state index in [0.29, 0.717) is 11.3 Å². The number of rotatable bonds is 12. The van der Waals surface area contributed by atoms with Gasteiger partial charge < -0.3 is 15.0 Å². The fourth-order valence-electron chi connectivity index (χ4n) is 4.18. The van der Waals surface area contributed by atoms with Gasteiger partial charge in [0.25, 0.3) is 0 Å². The highest BCUT2D eigenvalue weighted by molar-refractivity contribution is 7.92. The lowest BCUT2D eigenvalue weighted by Gasteiger charge is -2.34. The van der Waals surface area contributed by atoms with Gasteiger partial charge in [-0.05, 0) is 49.2 Å². The van der Waals surface area contributed by atoms with Gasteiger partial charge in [0.1, 0.15) is 18.3 Å². The first-order valence-corrected chi connectivity index (χ1v) is 15.2. The van der Waals surface area contributed by atoms with Crippen LogP contribution < -0.4 is 14.4 Å². The van der Waals surface area contributed by atoms with Crippen LogP contribution in [0.5, 0.6) is 5.75 Å². The van der Waals surface area contributed by atoms with E-state index in [1.54, 1.807) is 24.3 Å². The summed E-state index contributed by atoms with van der Waals surface area (Å²) in [6, 6.07) is 19.9. The van der Waals surface area contributed by atoms with E-state index in [-0.39, 0.29) is 40.6 Å².